The second-order valence-corrected chi connectivity index (χ2v) is 9.63. The predicted octanol–water partition coefficient (Wildman–Crippen LogP) is 3.08. The smallest absolute Gasteiger partial charge is 0.369 e. The lowest BCUT2D eigenvalue weighted by atomic mass is 10.0. The molecule has 0 spiro atoms. The van der Waals surface area contributed by atoms with Gasteiger partial charge in [-0.3, -0.25) is 4.68 Å². The molecule has 0 amide bonds. The Bertz CT molecular complexity index is 1390. The second-order valence-electron chi connectivity index (χ2n) is 8.66. The monoisotopic (exact) mass is 520 g/mol. The SMILES string of the molecule is CC(C)=O.COC(=O)c1nnc(-c2cnc(-c3cccc(-c4cnn(C)c4)c3)nc2NCC2CNC2)s1. The summed E-state index contributed by atoms with van der Waals surface area (Å²) < 4.78 is 6.53. The van der Waals surface area contributed by atoms with Crippen molar-refractivity contribution >= 4 is 28.9 Å². The summed E-state index contributed by atoms with van der Waals surface area (Å²) in [6, 6.07) is 8.05. The number of carbonyl (C=O) groups excluding carboxylic acids is 2. The van der Waals surface area contributed by atoms with Gasteiger partial charge in [-0.2, -0.15) is 5.10 Å². The molecule has 1 aromatic carbocycles. The van der Waals surface area contributed by atoms with Crippen LogP contribution in [0.2, 0.25) is 0 Å². The highest BCUT2D eigenvalue weighted by Gasteiger charge is 2.21. The number of carbonyl (C=O) groups is 2. The number of hydrogen-bond donors (Lipinski definition) is 2. The summed E-state index contributed by atoms with van der Waals surface area (Å²) in [5, 5.41) is 19.8. The third-order valence-corrected chi connectivity index (χ3v) is 6.32. The van der Waals surface area contributed by atoms with Crippen LogP contribution < -0.4 is 10.6 Å². The van der Waals surface area contributed by atoms with Crippen LogP contribution in [0.5, 0.6) is 0 Å². The van der Waals surface area contributed by atoms with Gasteiger partial charge in [0, 0.05) is 56.1 Å². The summed E-state index contributed by atoms with van der Waals surface area (Å²) >= 11 is 1.15. The van der Waals surface area contributed by atoms with Gasteiger partial charge in [0.1, 0.15) is 11.6 Å². The van der Waals surface area contributed by atoms with Crippen molar-refractivity contribution in [1.29, 1.82) is 0 Å². The molecule has 11 nitrogen and oxygen atoms in total. The molecular formula is C25H28N8O3S. The maximum absolute atomic E-state index is 11.8. The van der Waals surface area contributed by atoms with Crippen LogP contribution in [0.1, 0.15) is 23.6 Å². The summed E-state index contributed by atoms with van der Waals surface area (Å²) in [6.07, 6.45) is 5.52. The van der Waals surface area contributed by atoms with E-state index in [1.54, 1.807) is 10.9 Å². The first-order chi connectivity index (χ1) is 17.8. The van der Waals surface area contributed by atoms with Crippen LogP contribution in [0.25, 0.3) is 33.1 Å². The number of nitrogens with zero attached hydrogens (tertiary/aromatic N) is 6. The van der Waals surface area contributed by atoms with Crippen LogP contribution in [0.15, 0.2) is 42.9 Å². The topological polar surface area (TPSA) is 137 Å². The summed E-state index contributed by atoms with van der Waals surface area (Å²) in [5.41, 5.74) is 3.65. The molecule has 192 valence electrons. The molecule has 1 aliphatic rings. The summed E-state index contributed by atoms with van der Waals surface area (Å²) in [4.78, 5) is 30.7. The van der Waals surface area contributed by atoms with Crippen LogP contribution in [0.4, 0.5) is 5.82 Å². The Hall–Kier alpha value is -4.03. The first-order valence-corrected chi connectivity index (χ1v) is 12.5. The Morgan fingerprint density at radius 1 is 1.16 bits per heavy atom. The number of nitrogens with one attached hydrogen (secondary N) is 2. The molecule has 2 N–H and O–H groups in total. The Kier molecular flexibility index (Phi) is 8.31. The standard InChI is InChI=1S/C22H22N8O2S.C3H6O/c1-30-12-16(10-26-30)14-4-3-5-15(6-14)18-25-11-17(19(27-18)24-9-13-7-23-8-13)20-28-29-21(33-20)22(31)32-2;1-3(2)4/h3-6,10-13,23H,7-9H2,1-2H3,(H,24,25,27);1-2H3. The van der Waals surface area contributed by atoms with Crippen LogP contribution >= 0.6 is 11.3 Å². The van der Waals surface area contributed by atoms with Crippen molar-refractivity contribution < 1.29 is 14.3 Å². The molecule has 37 heavy (non-hydrogen) atoms. The lowest BCUT2D eigenvalue weighted by Gasteiger charge is -2.27. The Morgan fingerprint density at radius 2 is 1.92 bits per heavy atom. The van der Waals surface area contributed by atoms with Crippen molar-refractivity contribution in [2.45, 2.75) is 13.8 Å². The van der Waals surface area contributed by atoms with Gasteiger partial charge in [-0.15, -0.1) is 10.2 Å². The van der Waals surface area contributed by atoms with E-state index in [2.05, 4.69) is 30.9 Å². The zero-order chi connectivity index (χ0) is 26.4. The van der Waals surface area contributed by atoms with Gasteiger partial charge in [-0.05, 0) is 25.5 Å². The minimum atomic E-state index is -0.515. The number of Topliss-reactive ketones (excluding diaryl/α,β-unsaturated/α-hetero) is 1. The molecule has 0 aliphatic carbocycles. The zero-order valence-electron chi connectivity index (χ0n) is 21.1. The molecule has 1 aliphatic heterocycles. The van der Waals surface area contributed by atoms with Gasteiger partial charge in [-0.25, -0.2) is 14.8 Å². The third kappa shape index (κ3) is 6.60. The van der Waals surface area contributed by atoms with Crippen molar-refractivity contribution in [2.75, 3.05) is 32.1 Å². The lowest BCUT2D eigenvalue weighted by molar-refractivity contribution is -0.115. The van der Waals surface area contributed by atoms with Crippen LogP contribution in [-0.2, 0) is 16.6 Å². The van der Waals surface area contributed by atoms with Crippen molar-refractivity contribution in [3.63, 3.8) is 0 Å². The number of hydrogen-bond acceptors (Lipinski definition) is 11. The van der Waals surface area contributed by atoms with Gasteiger partial charge < -0.3 is 20.2 Å². The van der Waals surface area contributed by atoms with Gasteiger partial charge >= 0.3 is 5.97 Å². The van der Waals surface area contributed by atoms with Crippen LogP contribution in [0, 0.1) is 5.92 Å². The van der Waals surface area contributed by atoms with E-state index in [1.165, 1.54) is 21.0 Å². The minimum Gasteiger partial charge on any atom is -0.464 e. The molecule has 0 bridgehead atoms. The number of esters is 1. The summed E-state index contributed by atoms with van der Waals surface area (Å²) in [5.74, 6) is 1.44. The number of methoxy groups -OCH3 is 1. The summed E-state index contributed by atoms with van der Waals surface area (Å²) in [6.45, 7) is 5.77. The van der Waals surface area contributed by atoms with Crippen LogP contribution in [-0.4, -0.2) is 68.4 Å². The maximum atomic E-state index is 11.8. The average molecular weight is 521 g/mol. The molecule has 4 aromatic rings. The van der Waals surface area contributed by atoms with E-state index in [-0.39, 0.29) is 10.8 Å². The van der Waals surface area contributed by atoms with Crippen molar-refractivity contribution in [3.05, 3.63) is 47.9 Å². The maximum Gasteiger partial charge on any atom is 0.369 e. The molecule has 4 heterocycles. The van der Waals surface area contributed by atoms with Gasteiger partial charge in [0.15, 0.2) is 10.8 Å². The quantitative estimate of drug-likeness (QED) is 0.350. The highest BCUT2D eigenvalue weighted by Crippen LogP contribution is 2.32. The van der Waals surface area contributed by atoms with Gasteiger partial charge in [0.25, 0.3) is 0 Å². The van der Waals surface area contributed by atoms with E-state index in [0.717, 1.165) is 47.7 Å². The van der Waals surface area contributed by atoms with E-state index >= 15 is 0 Å². The fraction of sp³-hybridized carbons (Fsp3) is 0.320. The fourth-order valence-corrected chi connectivity index (χ4v) is 4.23. The van der Waals surface area contributed by atoms with Crippen molar-refractivity contribution in [2.24, 2.45) is 13.0 Å². The molecule has 3 aromatic heterocycles. The van der Waals surface area contributed by atoms with E-state index < -0.39 is 5.97 Å². The molecule has 0 unspecified atom stereocenters. The molecular weight excluding hydrogens is 492 g/mol. The Labute approximate surface area is 218 Å². The van der Waals surface area contributed by atoms with Crippen LogP contribution in [0.3, 0.4) is 0 Å². The molecule has 12 heteroatoms. The molecule has 0 radical (unpaired) electrons. The molecule has 0 atom stereocenters. The number of ether oxygens (including phenoxy) is 1. The second kappa shape index (κ2) is 11.8. The molecule has 5 rings (SSSR count). The normalized spacial score (nSPS) is 12.8. The van der Waals surface area contributed by atoms with E-state index in [4.69, 9.17) is 9.72 Å². The number of rotatable bonds is 7. The number of ketones is 1. The number of anilines is 1. The van der Waals surface area contributed by atoms with Crippen molar-refractivity contribution in [3.8, 4) is 33.1 Å². The largest absolute Gasteiger partial charge is 0.464 e. The van der Waals surface area contributed by atoms with Gasteiger partial charge in [0.05, 0.1) is 18.9 Å². The fourth-order valence-electron chi connectivity index (χ4n) is 3.46. The number of aromatic nitrogens is 6. The van der Waals surface area contributed by atoms with E-state index in [1.807, 2.05) is 43.7 Å². The molecule has 1 fully saturated rings. The average Bonchev–Trinajstić information content (AvgIpc) is 3.52. The molecule has 0 saturated carbocycles. The van der Waals surface area contributed by atoms with E-state index in [9.17, 15) is 9.59 Å². The Morgan fingerprint density at radius 3 is 2.57 bits per heavy atom. The zero-order valence-corrected chi connectivity index (χ0v) is 21.9. The third-order valence-electron chi connectivity index (χ3n) is 5.39. The number of benzene rings is 1. The number of aryl methyl sites for hydroxylation is 1. The molecule has 1 saturated heterocycles. The predicted molar refractivity (Wildman–Crippen MR) is 141 cm³/mol. The highest BCUT2D eigenvalue weighted by molar-refractivity contribution is 7.16. The van der Waals surface area contributed by atoms with Crippen molar-refractivity contribution in [1.82, 2.24) is 35.3 Å². The minimum absolute atomic E-state index is 0.167. The highest BCUT2D eigenvalue weighted by atomic mass is 32.1. The van der Waals surface area contributed by atoms with Gasteiger partial charge in [0.2, 0.25) is 5.01 Å². The lowest BCUT2D eigenvalue weighted by Crippen LogP contribution is -2.45. The summed E-state index contributed by atoms with van der Waals surface area (Å²) in [7, 11) is 3.21. The first kappa shape index (κ1) is 26.0. The first-order valence-electron chi connectivity index (χ1n) is 11.6. The van der Waals surface area contributed by atoms with E-state index in [0.29, 0.717) is 28.1 Å². The van der Waals surface area contributed by atoms with Gasteiger partial charge in [-0.1, -0.05) is 29.5 Å². The Balaban J connectivity index is 0.000000747.